The number of nitriles is 1. The van der Waals surface area contributed by atoms with Gasteiger partial charge >= 0.3 is 12.0 Å². The number of aromatic nitrogens is 3. The van der Waals surface area contributed by atoms with Crippen LogP contribution in [0.5, 0.6) is 5.75 Å². The lowest BCUT2D eigenvalue weighted by atomic mass is 10.0. The summed E-state index contributed by atoms with van der Waals surface area (Å²) < 4.78 is 46.7. The average molecular weight is 691 g/mol. The quantitative estimate of drug-likeness (QED) is 0.319. The summed E-state index contributed by atoms with van der Waals surface area (Å²) in [7, 11) is 0. The van der Waals surface area contributed by atoms with Crippen LogP contribution in [0.15, 0.2) is 36.5 Å². The fraction of sp³-hybridized carbons (Fsp3) is 0.528. The molecule has 1 amide bonds. The molecule has 266 valence electrons. The first kappa shape index (κ1) is 35.2. The van der Waals surface area contributed by atoms with E-state index in [1.165, 1.54) is 6.07 Å². The van der Waals surface area contributed by atoms with Crippen molar-refractivity contribution in [3.8, 4) is 23.1 Å². The van der Waals surface area contributed by atoms with Crippen molar-refractivity contribution in [1.29, 1.82) is 5.26 Å². The molecule has 2 aromatic heterocycles. The number of halogens is 2. The molecule has 1 unspecified atom stereocenters. The number of benzene rings is 1. The number of rotatable bonds is 8. The highest BCUT2D eigenvalue weighted by Gasteiger charge is 2.48. The maximum absolute atomic E-state index is 15.2. The Morgan fingerprint density at radius 1 is 1.12 bits per heavy atom. The molecule has 0 saturated carbocycles. The summed E-state index contributed by atoms with van der Waals surface area (Å²) >= 11 is 0. The maximum atomic E-state index is 15.2. The number of likely N-dealkylation sites (tertiary alicyclic amines) is 1. The van der Waals surface area contributed by atoms with E-state index in [0.717, 1.165) is 67.7 Å². The molecule has 0 bridgehead atoms. The van der Waals surface area contributed by atoms with Crippen molar-refractivity contribution in [2.24, 2.45) is 0 Å². The molecule has 3 saturated heterocycles. The Balaban J connectivity index is 1.13. The number of alkyl halides is 2. The number of nitrogens with zero attached hydrogens (tertiary/aromatic N) is 7. The van der Waals surface area contributed by atoms with Gasteiger partial charge in [-0.25, -0.2) is 28.5 Å². The minimum Gasteiger partial charge on any atom is -0.483 e. The minimum absolute atomic E-state index is 0.0338. The molecule has 12 nitrogen and oxygen atoms in total. The Morgan fingerprint density at radius 2 is 1.88 bits per heavy atom. The number of piperidine rings is 1. The molecule has 3 aliphatic rings. The van der Waals surface area contributed by atoms with E-state index >= 15 is 8.78 Å². The Morgan fingerprint density at radius 3 is 2.52 bits per heavy atom. The van der Waals surface area contributed by atoms with Crippen LogP contribution < -0.4 is 15.0 Å². The molecule has 0 radical (unpaired) electrons. The molecule has 50 heavy (non-hydrogen) atoms. The summed E-state index contributed by atoms with van der Waals surface area (Å²) in [5.74, 6) is -2.37. The van der Waals surface area contributed by atoms with Crippen molar-refractivity contribution >= 4 is 23.5 Å². The second-order valence-corrected chi connectivity index (χ2v) is 14.0. The number of amides is 1. The first-order valence-corrected chi connectivity index (χ1v) is 17.1. The molecule has 14 heteroatoms. The number of ether oxygens (including phenoxy) is 3. The summed E-state index contributed by atoms with van der Waals surface area (Å²) in [6, 6.07) is 11.4. The molecule has 1 N–H and O–H groups in total. The third-order valence-corrected chi connectivity index (χ3v) is 9.12. The third-order valence-electron chi connectivity index (χ3n) is 9.12. The molecule has 6 rings (SSSR count). The summed E-state index contributed by atoms with van der Waals surface area (Å²) in [4.78, 5) is 32.3. The van der Waals surface area contributed by atoms with Crippen LogP contribution in [-0.2, 0) is 15.9 Å². The zero-order valence-electron chi connectivity index (χ0n) is 29.2. The molecular formula is C36H44F2N8O4. The number of hydrogen-bond donors (Lipinski definition) is 1. The van der Waals surface area contributed by atoms with E-state index in [1.54, 1.807) is 39.1 Å². The lowest BCUT2D eigenvalue weighted by Crippen LogP contribution is -2.56. The van der Waals surface area contributed by atoms with Gasteiger partial charge in [0.2, 0.25) is 5.95 Å². The molecule has 3 fully saturated rings. The zero-order valence-corrected chi connectivity index (χ0v) is 29.2. The van der Waals surface area contributed by atoms with E-state index in [4.69, 9.17) is 24.2 Å². The van der Waals surface area contributed by atoms with Crippen LogP contribution in [0.3, 0.4) is 0 Å². The van der Waals surface area contributed by atoms with Crippen LogP contribution in [-0.4, -0.2) is 107 Å². The first-order valence-electron chi connectivity index (χ1n) is 17.1. The van der Waals surface area contributed by atoms with Crippen LogP contribution in [0.25, 0.3) is 11.3 Å². The Hall–Kier alpha value is -4.61. The van der Waals surface area contributed by atoms with Gasteiger partial charge in [-0.05, 0) is 70.0 Å². The Labute approximate surface area is 291 Å². The summed E-state index contributed by atoms with van der Waals surface area (Å²) in [6.07, 6.45) is 0.00824. The highest BCUT2D eigenvalue weighted by atomic mass is 19.3. The van der Waals surface area contributed by atoms with Gasteiger partial charge in [-0.3, -0.25) is 4.90 Å². The monoisotopic (exact) mass is 690 g/mol. The van der Waals surface area contributed by atoms with Crippen LogP contribution in [0, 0.1) is 18.3 Å². The maximum Gasteiger partial charge on any atom is 0.410 e. The number of carbonyl (C=O) groups is 1. The second kappa shape index (κ2) is 14.3. The molecule has 0 aliphatic carbocycles. The SMILES string of the molecule is CCc1nc(Nc2ncc(C)c(-c3ccc(OC4CCN(C(=O)OC(C)(C)C)CC4(F)F)c(C#N)c3)n2)ccc1N1CCN(C2COC2)CC1. The van der Waals surface area contributed by atoms with Gasteiger partial charge < -0.3 is 29.3 Å². The van der Waals surface area contributed by atoms with E-state index in [1.807, 2.05) is 13.0 Å². The highest BCUT2D eigenvalue weighted by molar-refractivity contribution is 5.69. The van der Waals surface area contributed by atoms with Crippen molar-refractivity contribution in [3.63, 3.8) is 0 Å². The van der Waals surface area contributed by atoms with E-state index in [9.17, 15) is 10.1 Å². The lowest BCUT2D eigenvalue weighted by molar-refractivity contribution is -0.137. The number of carbonyl (C=O) groups excluding carboxylic acids is 1. The molecule has 1 aromatic carbocycles. The van der Waals surface area contributed by atoms with Gasteiger partial charge in [-0.1, -0.05) is 6.92 Å². The number of pyridine rings is 1. The zero-order chi connectivity index (χ0) is 35.6. The predicted molar refractivity (Wildman–Crippen MR) is 184 cm³/mol. The van der Waals surface area contributed by atoms with Gasteiger partial charge in [0.15, 0.2) is 6.10 Å². The minimum atomic E-state index is -3.35. The Kier molecular flexibility index (Phi) is 10.1. The van der Waals surface area contributed by atoms with Crippen LogP contribution in [0.1, 0.15) is 50.9 Å². The number of aryl methyl sites for hydroxylation is 2. The normalized spacial score (nSPS) is 19.8. The average Bonchev–Trinajstić information content (AvgIpc) is 3.05. The largest absolute Gasteiger partial charge is 0.483 e. The van der Waals surface area contributed by atoms with Crippen LogP contribution in [0.4, 0.5) is 31.0 Å². The highest BCUT2D eigenvalue weighted by Crippen LogP contribution is 2.35. The van der Waals surface area contributed by atoms with Crippen molar-refractivity contribution in [1.82, 2.24) is 24.8 Å². The van der Waals surface area contributed by atoms with E-state index < -0.39 is 30.3 Å². The molecular weight excluding hydrogens is 646 g/mol. The summed E-state index contributed by atoms with van der Waals surface area (Å²) in [5, 5.41) is 13.2. The molecule has 3 aliphatic heterocycles. The summed E-state index contributed by atoms with van der Waals surface area (Å²) in [5.41, 5.74) is 3.35. The fourth-order valence-corrected chi connectivity index (χ4v) is 6.35. The van der Waals surface area contributed by atoms with Gasteiger partial charge in [0.1, 0.15) is 23.2 Å². The van der Waals surface area contributed by atoms with E-state index in [2.05, 4.69) is 39.2 Å². The lowest BCUT2D eigenvalue weighted by Gasteiger charge is -2.43. The van der Waals surface area contributed by atoms with Gasteiger partial charge in [-0.15, -0.1) is 0 Å². The molecule has 5 heterocycles. The van der Waals surface area contributed by atoms with Crippen LogP contribution in [0.2, 0.25) is 0 Å². The van der Waals surface area contributed by atoms with Gasteiger partial charge in [0.05, 0.1) is 48.4 Å². The molecule has 0 spiro atoms. The third kappa shape index (κ3) is 7.89. The summed E-state index contributed by atoms with van der Waals surface area (Å²) in [6.45, 7) is 13.7. The van der Waals surface area contributed by atoms with E-state index in [-0.39, 0.29) is 24.3 Å². The van der Waals surface area contributed by atoms with Gasteiger partial charge in [-0.2, -0.15) is 5.26 Å². The first-order chi connectivity index (χ1) is 23.8. The van der Waals surface area contributed by atoms with Gasteiger partial charge in [0.25, 0.3) is 0 Å². The van der Waals surface area contributed by atoms with Crippen molar-refractivity contribution in [2.45, 2.75) is 71.1 Å². The Bertz CT molecular complexity index is 1750. The predicted octanol–water partition coefficient (Wildman–Crippen LogP) is 5.57. The fourth-order valence-electron chi connectivity index (χ4n) is 6.35. The standard InChI is InChI=1S/C36H44F2N8O4/c1-6-27-28(45-15-13-44(14-16-45)26-20-48-21-26)8-10-31(41-27)42-33-40-19-23(2)32(43-33)24-7-9-29(25(17-24)18-39)49-30-11-12-46(22-36(30,37)38)34(47)50-35(3,4)5/h7-10,17,19,26,30H,6,11-16,20-22H2,1-5H3,(H,40,41,42,43). The smallest absolute Gasteiger partial charge is 0.410 e. The van der Waals surface area contributed by atoms with Gasteiger partial charge in [0, 0.05) is 50.9 Å². The number of piperazine rings is 1. The number of hydrogen-bond acceptors (Lipinski definition) is 11. The molecule has 3 aromatic rings. The van der Waals surface area contributed by atoms with Crippen LogP contribution >= 0.6 is 0 Å². The van der Waals surface area contributed by atoms with E-state index in [0.29, 0.717) is 29.1 Å². The number of nitrogens with one attached hydrogen (secondary N) is 1. The van der Waals surface area contributed by atoms with Crippen molar-refractivity contribution in [2.75, 3.05) is 62.7 Å². The topological polar surface area (TPSA) is 129 Å². The van der Waals surface area contributed by atoms with Crippen molar-refractivity contribution in [3.05, 3.63) is 53.3 Å². The second-order valence-electron chi connectivity index (χ2n) is 14.0. The molecule has 1 atom stereocenters. The number of anilines is 3. The van der Waals surface area contributed by atoms with Crippen molar-refractivity contribution < 1.29 is 27.8 Å².